The summed E-state index contributed by atoms with van der Waals surface area (Å²) in [4.78, 5) is 13.6. The van der Waals surface area contributed by atoms with Crippen molar-refractivity contribution in [3.05, 3.63) is 35.9 Å². The van der Waals surface area contributed by atoms with Gasteiger partial charge in [0.1, 0.15) is 0 Å². The Morgan fingerprint density at radius 1 is 1.47 bits per heavy atom. The highest BCUT2D eigenvalue weighted by atomic mass is 16.2. The lowest BCUT2D eigenvalue weighted by molar-refractivity contribution is -0.125. The number of nitrogens with zero attached hydrogens (tertiary/aromatic N) is 1. The Bertz CT molecular complexity index is 380. The number of carbonyl (C=O) groups is 1. The molecule has 1 aromatic rings. The maximum Gasteiger partial charge on any atom is 0.250 e. The van der Waals surface area contributed by atoms with Crippen LogP contribution in [0.25, 0.3) is 0 Å². The summed E-state index contributed by atoms with van der Waals surface area (Å²) in [5, 5.41) is 0. The second kappa shape index (κ2) is 5.29. The number of amides is 1. The van der Waals surface area contributed by atoms with E-state index in [-0.39, 0.29) is 11.9 Å². The predicted octanol–water partition coefficient (Wildman–Crippen LogP) is 0.854. The van der Waals surface area contributed by atoms with Gasteiger partial charge in [-0.1, -0.05) is 30.3 Å². The lowest BCUT2D eigenvalue weighted by Crippen LogP contribution is -2.46. The van der Waals surface area contributed by atoms with Crippen molar-refractivity contribution < 1.29 is 4.79 Å². The Labute approximate surface area is 102 Å². The van der Waals surface area contributed by atoms with E-state index in [1.807, 2.05) is 13.0 Å². The number of hydrogen-bond acceptors (Lipinski definition) is 3. The average Bonchev–Trinajstić information content (AvgIpc) is 2.87. The zero-order valence-corrected chi connectivity index (χ0v) is 10.1. The normalized spacial score (nSPS) is 22.4. The van der Waals surface area contributed by atoms with Crippen LogP contribution >= 0.6 is 0 Å². The molecule has 17 heavy (non-hydrogen) atoms. The van der Waals surface area contributed by atoms with Gasteiger partial charge in [0, 0.05) is 6.54 Å². The van der Waals surface area contributed by atoms with Crippen LogP contribution in [0.5, 0.6) is 0 Å². The molecule has 1 aromatic carbocycles. The molecule has 4 heteroatoms. The number of hydrazine groups is 1. The van der Waals surface area contributed by atoms with Crippen molar-refractivity contribution in [1.82, 2.24) is 10.3 Å². The molecule has 1 aliphatic rings. The summed E-state index contributed by atoms with van der Waals surface area (Å²) in [6, 6.07) is 10.3. The molecule has 92 valence electrons. The standard InChI is InChI=1S/C13H19N3O/c1-10(13(17)15-14)16-8-7-12(9-16)11-5-3-2-4-6-11/h2-6,10,12H,7-9,14H2,1H3,(H,15,17). The van der Waals surface area contributed by atoms with Crippen LogP contribution in [0.1, 0.15) is 24.8 Å². The molecule has 1 saturated heterocycles. The third-order valence-corrected chi connectivity index (χ3v) is 3.56. The van der Waals surface area contributed by atoms with Crippen LogP contribution in [0, 0.1) is 0 Å². The van der Waals surface area contributed by atoms with Crippen LogP contribution in [0.3, 0.4) is 0 Å². The first-order valence-corrected chi connectivity index (χ1v) is 6.02. The third-order valence-electron chi connectivity index (χ3n) is 3.56. The van der Waals surface area contributed by atoms with Crippen molar-refractivity contribution in [2.75, 3.05) is 13.1 Å². The number of benzene rings is 1. The third kappa shape index (κ3) is 2.65. The van der Waals surface area contributed by atoms with E-state index >= 15 is 0 Å². The van der Waals surface area contributed by atoms with Crippen LogP contribution < -0.4 is 11.3 Å². The zero-order chi connectivity index (χ0) is 12.3. The van der Waals surface area contributed by atoms with Gasteiger partial charge in [-0.05, 0) is 31.4 Å². The Hall–Kier alpha value is -1.39. The number of likely N-dealkylation sites (tertiary alicyclic amines) is 1. The van der Waals surface area contributed by atoms with E-state index in [0.29, 0.717) is 5.92 Å². The van der Waals surface area contributed by atoms with Crippen LogP contribution in [0.15, 0.2) is 30.3 Å². The summed E-state index contributed by atoms with van der Waals surface area (Å²) in [5.74, 6) is 5.58. The van der Waals surface area contributed by atoms with Crippen LogP contribution in [0.2, 0.25) is 0 Å². The molecule has 0 bridgehead atoms. The zero-order valence-electron chi connectivity index (χ0n) is 10.1. The molecule has 3 N–H and O–H groups in total. The first kappa shape index (κ1) is 12.1. The summed E-state index contributed by atoms with van der Waals surface area (Å²) in [6.07, 6.45) is 1.10. The minimum atomic E-state index is -0.145. The molecule has 1 heterocycles. The Balaban J connectivity index is 1.98. The van der Waals surface area contributed by atoms with E-state index in [4.69, 9.17) is 5.84 Å². The molecule has 2 rings (SSSR count). The molecule has 0 radical (unpaired) electrons. The Morgan fingerprint density at radius 3 is 2.82 bits per heavy atom. The predicted molar refractivity (Wildman–Crippen MR) is 67.2 cm³/mol. The van der Waals surface area contributed by atoms with E-state index in [2.05, 4.69) is 34.6 Å². The maximum absolute atomic E-state index is 11.5. The summed E-state index contributed by atoms with van der Waals surface area (Å²) >= 11 is 0. The minimum Gasteiger partial charge on any atom is -0.293 e. The van der Waals surface area contributed by atoms with Gasteiger partial charge in [0.05, 0.1) is 6.04 Å². The van der Waals surface area contributed by atoms with Gasteiger partial charge >= 0.3 is 0 Å². The van der Waals surface area contributed by atoms with E-state index < -0.39 is 0 Å². The summed E-state index contributed by atoms with van der Waals surface area (Å²) in [5.41, 5.74) is 3.57. The Morgan fingerprint density at radius 2 is 2.18 bits per heavy atom. The topological polar surface area (TPSA) is 58.4 Å². The van der Waals surface area contributed by atoms with Gasteiger partial charge in [0.25, 0.3) is 5.91 Å². The van der Waals surface area contributed by atoms with Gasteiger partial charge in [-0.15, -0.1) is 0 Å². The number of carbonyl (C=O) groups excluding carboxylic acids is 1. The molecule has 1 fully saturated rings. The van der Waals surface area contributed by atoms with Gasteiger partial charge in [-0.2, -0.15) is 0 Å². The molecule has 0 aromatic heterocycles. The van der Waals surface area contributed by atoms with Crippen molar-refractivity contribution in [3.63, 3.8) is 0 Å². The highest BCUT2D eigenvalue weighted by Crippen LogP contribution is 2.27. The van der Waals surface area contributed by atoms with E-state index in [1.54, 1.807) is 0 Å². The lowest BCUT2D eigenvalue weighted by Gasteiger charge is -2.22. The summed E-state index contributed by atoms with van der Waals surface area (Å²) < 4.78 is 0. The van der Waals surface area contributed by atoms with Crippen molar-refractivity contribution in [2.24, 2.45) is 5.84 Å². The molecule has 1 aliphatic heterocycles. The highest BCUT2D eigenvalue weighted by Gasteiger charge is 2.29. The SMILES string of the molecule is CC(C(=O)NN)N1CCC(c2ccccc2)C1. The largest absolute Gasteiger partial charge is 0.293 e. The van der Waals surface area contributed by atoms with E-state index in [9.17, 15) is 4.79 Å². The van der Waals surface area contributed by atoms with Gasteiger partial charge in [0.15, 0.2) is 0 Å². The second-order valence-corrected chi connectivity index (χ2v) is 4.58. The fourth-order valence-electron chi connectivity index (χ4n) is 2.42. The quantitative estimate of drug-likeness (QED) is 0.462. The summed E-state index contributed by atoms with van der Waals surface area (Å²) in [6.45, 7) is 3.78. The van der Waals surface area contributed by atoms with Gasteiger partial charge < -0.3 is 0 Å². The summed E-state index contributed by atoms with van der Waals surface area (Å²) in [7, 11) is 0. The van der Waals surface area contributed by atoms with Crippen LogP contribution in [-0.2, 0) is 4.79 Å². The molecule has 4 nitrogen and oxygen atoms in total. The highest BCUT2D eigenvalue weighted by molar-refractivity contribution is 5.80. The number of nitrogens with one attached hydrogen (secondary N) is 1. The fraction of sp³-hybridized carbons (Fsp3) is 0.462. The Kier molecular flexibility index (Phi) is 3.76. The van der Waals surface area contributed by atoms with Crippen LogP contribution in [0.4, 0.5) is 0 Å². The average molecular weight is 233 g/mol. The number of nitrogens with two attached hydrogens (primary N) is 1. The van der Waals surface area contributed by atoms with E-state index in [1.165, 1.54) is 5.56 Å². The van der Waals surface area contributed by atoms with E-state index in [0.717, 1.165) is 19.5 Å². The first-order chi connectivity index (χ1) is 8.22. The number of hydrogen-bond donors (Lipinski definition) is 2. The van der Waals surface area contributed by atoms with Gasteiger partial charge in [-0.3, -0.25) is 15.1 Å². The van der Waals surface area contributed by atoms with Crippen molar-refractivity contribution >= 4 is 5.91 Å². The fourth-order valence-corrected chi connectivity index (χ4v) is 2.42. The molecule has 2 unspecified atom stereocenters. The second-order valence-electron chi connectivity index (χ2n) is 4.58. The molecule has 1 amide bonds. The van der Waals surface area contributed by atoms with Crippen molar-refractivity contribution in [3.8, 4) is 0 Å². The molecule has 0 aliphatic carbocycles. The van der Waals surface area contributed by atoms with Crippen molar-refractivity contribution in [1.29, 1.82) is 0 Å². The molecule has 0 spiro atoms. The van der Waals surface area contributed by atoms with Crippen molar-refractivity contribution in [2.45, 2.75) is 25.3 Å². The lowest BCUT2D eigenvalue weighted by atomic mass is 9.99. The van der Waals surface area contributed by atoms with Crippen LogP contribution in [-0.4, -0.2) is 29.9 Å². The maximum atomic E-state index is 11.5. The minimum absolute atomic E-state index is 0.112. The molecule has 2 atom stereocenters. The molecule has 0 saturated carbocycles. The molecular formula is C13H19N3O. The first-order valence-electron chi connectivity index (χ1n) is 6.02. The number of rotatable bonds is 3. The van der Waals surface area contributed by atoms with Gasteiger partial charge in [0.2, 0.25) is 0 Å². The molecular weight excluding hydrogens is 214 g/mol. The monoisotopic (exact) mass is 233 g/mol. The van der Waals surface area contributed by atoms with Gasteiger partial charge in [-0.25, -0.2) is 5.84 Å². The smallest absolute Gasteiger partial charge is 0.250 e.